The van der Waals surface area contributed by atoms with E-state index in [1.54, 1.807) is 0 Å². The van der Waals surface area contributed by atoms with Crippen LogP contribution in [0.2, 0.25) is 0 Å². The molecule has 0 spiro atoms. The number of esters is 1. The number of ether oxygens (including phenoxy) is 2. The zero-order valence-corrected chi connectivity index (χ0v) is 16.2. The molecule has 2 atom stereocenters. The molecule has 1 aliphatic rings. The van der Waals surface area contributed by atoms with Crippen LogP contribution in [0.25, 0.3) is 0 Å². The fourth-order valence-corrected chi connectivity index (χ4v) is 3.60. The number of aryl methyl sites for hydroxylation is 1. The number of carbonyl (C=O) groups excluding carboxylic acids is 2. The highest BCUT2D eigenvalue weighted by molar-refractivity contribution is 5.79. The van der Waals surface area contributed by atoms with E-state index in [-0.39, 0.29) is 30.9 Å². The van der Waals surface area contributed by atoms with Gasteiger partial charge in [-0.05, 0) is 42.9 Å². The first kappa shape index (κ1) is 20.3. The molecule has 0 bridgehead atoms. The summed E-state index contributed by atoms with van der Waals surface area (Å²) in [6.07, 6.45) is 5.62. The van der Waals surface area contributed by atoms with E-state index in [9.17, 15) is 9.59 Å². The lowest BCUT2D eigenvalue weighted by Crippen LogP contribution is -2.48. The van der Waals surface area contributed by atoms with Gasteiger partial charge in [0, 0.05) is 12.6 Å². The Balaban J connectivity index is 1.99. The molecule has 0 N–H and O–H groups in total. The van der Waals surface area contributed by atoms with Crippen molar-refractivity contribution in [2.45, 2.75) is 58.4 Å². The minimum atomic E-state index is -0.290. The maximum Gasteiger partial charge on any atom is 0.307 e. The molecule has 0 saturated heterocycles. The number of methoxy groups -OCH3 is 1. The number of rotatable bonds is 8. The number of hydrogen-bond donors (Lipinski definition) is 0. The number of carbonyl (C=O) groups is 2. The molecule has 2 rings (SSSR count). The smallest absolute Gasteiger partial charge is 0.307 e. The number of hydrogen-bond acceptors (Lipinski definition) is 4. The van der Waals surface area contributed by atoms with Crippen molar-refractivity contribution in [2.24, 2.45) is 5.92 Å². The van der Waals surface area contributed by atoms with Crippen LogP contribution in [0.4, 0.5) is 0 Å². The first-order valence-corrected chi connectivity index (χ1v) is 9.63. The SMILES string of the molecule is CCc1ccc(OCC(=O)N(CCC(=O)OC)C2CCCCC2C)cc1. The van der Waals surface area contributed by atoms with Crippen LogP contribution in [-0.4, -0.2) is 43.1 Å². The first-order valence-electron chi connectivity index (χ1n) is 9.63. The lowest BCUT2D eigenvalue weighted by atomic mass is 9.84. The third-order valence-corrected chi connectivity index (χ3v) is 5.27. The van der Waals surface area contributed by atoms with Crippen LogP contribution in [0.5, 0.6) is 5.75 Å². The molecule has 5 nitrogen and oxygen atoms in total. The molecule has 1 aromatic carbocycles. The highest BCUT2D eigenvalue weighted by Crippen LogP contribution is 2.28. The van der Waals surface area contributed by atoms with Crippen molar-refractivity contribution in [3.63, 3.8) is 0 Å². The van der Waals surface area contributed by atoms with Crippen LogP contribution in [0, 0.1) is 5.92 Å². The second-order valence-electron chi connectivity index (χ2n) is 7.03. The van der Waals surface area contributed by atoms with Gasteiger partial charge < -0.3 is 14.4 Å². The van der Waals surface area contributed by atoms with Gasteiger partial charge in [0.1, 0.15) is 5.75 Å². The second-order valence-corrected chi connectivity index (χ2v) is 7.03. The van der Waals surface area contributed by atoms with Gasteiger partial charge in [-0.25, -0.2) is 0 Å². The Morgan fingerprint density at radius 3 is 2.46 bits per heavy atom. The standard InChI is InChI=1S/C21H31NO4/c1-4-17-9-11-18(12-10-17)26-15-20(23)22(14-13-21(24)25-3)19-8-6-5-7-16(19)2/h9-12,16,19H,4-8,13-15H2,1-3H3. The summed E-state index contributed by atoms with van der Waals surface area (Å²) in [5, 5.41) is 0. The number of benzene rings is 1. The maximum atomic E-state index is 12.8. The summed E-state index contributed by atoms with van der Waals surface area (Å²) in [6, 6.07) is 7.99. The van der Waals surface area contributed by atoms with Crippen LogP contribution < -0.4 is 4.74 Å². The van der Waals surface area contributed by atoms with E-state index in [4.69, 9.17) is 9.47 Å². The van der Waals surface area contributed by atoms with Gasteiger partial charge >= 0.3 is 5.97 Å². The van der Waals surface area contributed by atoms with Gasteiger partial charge in [-0.1, -0.05) is 38.8 Å². The summed E-state index contributed by atoms with van der Waals surface area (Å²) in [5.74, 6) is 0.781. The molecule has 1 amide bonds. The third kappa shape index (κ3) is 5.75. The van der Waals surface area contributed by atoms with Gasteiger partial charge in [-0.15, -0.1) is 0 Å². The molecule has 1 aliphatic carbocycles. The Labute approximate surface area is 156 Å². The molecular weight excluding hydrogens is 330 g/mol. The Hall–Kier alpha value is -2.04. The Morgan fingerprint density at radius 1 is 1.15 bits per heavy atom. The predicted octanol–water partition coefficient (Wildman–Crippen LogP) is 3.60. The highest BCUT2D eigenvalue weighted by atomic mass is 16.5. The van der Waals surface area contributed by atoms with Crippen molar-refractivity contribution in [1.82, 2.24) is 4.90 Å². The van der Waals surface area contributed by atoms with Crippen molar-refractivity contribution in [3.05, 3.63) is 29.8 Å². The summed E-state index contributed by atoms with van der Waals surface area (Å²) in [6.45, 7) is 4.67. The summed E-state index contributed by atoms with van der Waals surface area (Å²) in [7, 11) is 1.38. The molecule has 0 radical (unpaired) electrons. The van der Waals surface area contributed by atoms with Gasteiger partial charge in [0.15, 0.2) is 6.61 Å². The summed E-state index contributed by atoms with van der Waals surface area (Å²) >= 11 is 0. The molecule has 0 aromatic heterocycles. The molecule has 1 fully saturated rings. The maximum absolute atomic E-state index is 12.8. The van der Waals surface area contributed by atoms with E-state index in [0.29, 0.717) is 18.2 Å². The minimum absolute atomic E-state index is 0.00410. The Kier molecular flexibility index (Phi) is 7.95. The van der Waals surface area contributed by atoms with E-state index in [1.807, 2.05) is 29.2 Å². The predicted molar refractivity (Wildman–Crippen MR) is 101 cm³/mol. The lowest BCUT2D eigenvalue weighted by Gasteiger charge is -2.38. The minimum Gasteiger partial charge on any atom is -0.484 e. The van der Waals surface area contributed by atoms with Crippen molar-refractivity contribution < 1.29 is 19.1 Å². The first-order chi connectivity index (χ1) is 12.5. The molecule has 144 valence electrons. The highest BCUT2D eigenvalue weighted by Gasteiger charge is 2.30. The molecule has 2 unspecified atom stereocenters. The fraction of sp³-hybridized carbons (Fsp3) is 0.619. The molecule has 0 aliphatic heterocycles. The Bertz CT molecular complexity index is 584. The topological polar surface area (TPSA) is 55.8 Å². The van der Waals surface area contributed by atoms with E-state index >= 15 is 0 Å². The average Bonchev–Trinajstić information content (AvgIpc) is 2.67. The lowest BCUT2D eigenvalue weighted by molar-refractivity contribution is -0.143. The molecular formula is C21H31NO4. The normalized spacial score (nSPS) is 19.7. The zero-order valence-electron chi connectivity index (χ0n) is 16.2. The van der Waals surface area contributed by atoms with Gasteiger partial charge in [0.05, 0.1) is 13.5 Å². The van der Waals surface area contributed by atoms with Crippen molar-refractivity contribution in [1.29, 1.82) is 0 Å². The van der Waals surface area contributed by atoms with Crippen LogP contribution in [0.15, 0.2) is 24.3 Å². The largest absolute Gasteiger partial charge is 0.484 e. The Morgan fingerprint density at radius 2 is 1.85 bits per heavy atom. The third-order valence-electron chi connectivity index (χ3n) is 5.27. The summed E-state index contributed by atoms with van der Waals surface area (Å²) < 4.78 is 10.4. The van der Waals surface area contributed by atoms with Crippen molar-refractivity contribution in [3.8, 4) is 5.75 Å². The van der Waals surface area contributed by atoms with E-state index in [0.717, 1.165) is 25.7 Å². The monoisotopic (exact) mass is 361 g/mol. The van der Waals surface area contributed by atoms with Gasteiger partial charge in [0.2, 0.25) is 0 Å². The number of nitrogens with zero attached hydrogens (tertiary/aromatic N) is 1. The zero-order chi connectivity index (χ0) is 18.9. The van der Waals surface area contributed by atoms with Gasteiger partial charge in [-0.2, -0.15) is 0 Å². The summed E-state index contributed by atoms with van der Waals surface area (Å²) in [4.78, 5) is 26.2. The van der Waals surface area contributed by atoms with Crippen molar-refractivity contribution in [2.75, 3.05) is 20.3 Å². The molecule has 5 heteroatoms. The van der Waals surface area contributed by atoms with Crippen LogP contribution in [0.3, 0.4) is 0 Å². The summed E-state index contributed by atoms with van der Waals surface area (Å²) in [5.41, 5.74) is 1.24. The van der Waals surface area contributed by atoms with Gasteiger partial charge in [0.25, 0.3) is 5.91 Å². The second kappa shape index (κ2) is 10.2. The van der Waals surface area contributed by atoms with E-state index < -0.39 is 0 Å². The van der Waals surface area contributed by atoms with E-state index in [1.165, 1.54) is 19.1 Å². The number of amides is 1. The van der Waals surface area contributed by atoms with E-state index in [2.05, 4.69) is 13.8 Å². The average molecular weight is 361 g/mol. The molecule has 0 heterocycles. The molecule has 1 saturated carbocycles. The van der Waals surface area contributed by atoms with Crippen molar-refractivity contribution >= 4 is 11.9 Å². The molecule has 26 heavy (non-hydrogen) atoms. The molecule has 1 aromatic rings. The fourth-order valence-electron chi connectivity index (χ4n) is 3.60. The van der Waals surface area contributed by atoms with Crippen LogP contribution in [0.1, 0.15) is 51.5 Å². The van der Waals surface area contributed by atoms with Crippen LogP contribution in [-0.2, 0) is 20.7 Å². The quantitative estimate of drug-likeness (QED) is 0.664. The van der Waals surface area contributed by atoms with Gasteiger partial charge in [-0.3, -0.25) is 9.59 Å². The van der Waals surface area contributed by atoms with Crippen LogP contribution >= 0.6 is 0 Å².